The van der Waals surface area contributed by atoms with Crippen LogP contribution in [0.25, 0.3) is 11.5 Å². The minimum absolute atomic E-state index is 0.0126. The van der Waals surface area contributed by atoms with Crippen molar-refractivity contribution in [1.29, 1.82) is 0 Å². The van der Waals surface area contributed by atoms with E-state index in [0.29, 0.717) is 5.89 Å². The van der Waals surface area contributed by atoms with Crippen LogP contribution in [0.5, 0.6) is 0 Å². The van der Waals surface area contributed by atoms with Crippen molar-refractivity contribution in [3.8, 4) is 11.5 Å². The Morgan fingerprint density at radius 2 is 2.00 bits per heavy atom. The van der Waals surface area contributed by atoms with E-state index in [1.54, 1.807) is 12.1 Å². The molecule has 0 saturated heterocycles. The monoisotopic (exact) mass is 218 g/mol. The first-order valence-corrected chi connectivity index (χ1v) is 4.55. The number of aromatic nitrogens is 1. The van der Waals surface area contributed by atoms with E-state index in [4.69, 9.17) is 16.0 Å². The summed E-state index contributed by atoms with van der Waals surface area (Å²) in [6.07, 6.45) is 0. The van der Waals surface area contributed by atoms with Crippen LogP contribution in [0.1, 0.15) is 10.5 Å². The van der Waals surface area contributed by atoms with Crippen LogP contribution in [-0.4, -0.2) is 10.9 Å². The smallest absolute Gasteiger partial charge is 0.273 e. The lowest BCUT2D eigenvalue weighted by atomic mass is 10.2. The standard InChI is InChI=1S/C10H10N4O2/c11-8(15)7-10(14-12)16-9(13-7)6-4-2-1-3-5-6/h1-5,14H,12H2,(H2,11,15). The summed E-state index contributed by atoms with van der Waals surface area (Å²) in [6, 6.07) is 9.13. The molecule has 5 N–H and O–H groups in total. The maximum atomic E-state index is 11.0. The summed E-state index contributed by atoms with van der Waals surface area (Å²) in [7, 11) is 0. The molecule has 0 aliphatic rings. The Hall–Kier alpha value is -2.34. The number of benzene rings is 1. The molecule has 1 aromatic heterocycles. The second-order valence-corrected chi connectivity index (χ2v) is 3.07. The van der Waals surface area contributed by atoms with Gasteiger partial charge in [0, 0.05) is 5.56 Å². The van der Waals surface area contributed by atoms with Gasteiger partial charge < -0.3 is 10.2 Å². The van der Waals surface area contributed by atoms with E-state index in [9.17, 15) is 4.79 Å². The predicted molar refractivity (Wildman–Crippen MR) is 58.3 cm³/mol. The Balaban J connectivity index is 2.48. The van der Waals surface area contributed by atoms with Crippen molar-refractivity contribution in [3.63, 3.8) is 0 Å². The number of nitrogens with zero attached hydrogens (tertiary/aromatic N) is 1. The summed E-state index contributed by atoms with van der Waals surface area (Å²) in [5.41, 5.74) is 8.09. The zero-order chi connectivity index (χ0) is 11.5. The van der Waals surface area contributed by atoms with Gasteiger partial charge in [-0.15, -0.1) is 0 Å². The summed E-state index contributed by atoms with van der Waals surface area (Å²) in [4.78, 5) is 15.0. The van der Waals surface area contributed by atoms with Gasteiger partial charge in [0.1, 0.15) is 0 Å². The Labute approximate surface area is 91.2 Å². The largest absolute Gasteiger partial charge is 0.418 e. The van der Waals surface area contributed by atoms with E-state index in [0.717, 1.165) is 5.56 Å². The Bertz CT molecular complexity index is 507. The zero-order valence-corrected chi connectivity index (χ0v) is 8.31. The number of anilines is 1. The van der Waals surface area contributed by atoms with Crippen LogP contribution >= 0.6 is 0 Å². The Morgan fingerprint density at radius 3 is 2.50 bits per heavy atom. The first kappa shape index (κ1) is 10.2. The van der Waals surface area contributed by atoms with Crippen LogP contribution in [0, 0.1) is 0 Å². The summed E-state index contributed by atoms with van der Waals surface area (Å²) in [5, 5.41) is 0. The van der Waals surface area contributed by atoms with Gasteiger partial charge in [0.05, 0.1) is 0 Å². The van der Waals surface area contributed by atoms with Gasteiger partial charge in [-0.25, -0.2) is 10.8 Å². The molecule has 0 radical (unpaired) electrons. The summed E-state index contributed by atoms with van der Waals surface area (Å²) < 4.78 is 5.26. The van der Waals surface area contributed by atoms with Crippen LogP contribution in [0.2, 0.25) is 0 Å². The second-order valence-electron chi connectivity index (χ2n) is 3.07. The highest BCUT2D eigenvalue weighted by Gasteiger charge is 2.17. The molecule has 0 fully saturated rings. The van der Waals surface area contributed by atoms with E-state index in [-0.39, 0.29) is 11.6 Å². The van der Waals surface area contributed by atoms with E-state index in [2.05, 4.69) is 10.4 Å². The molecule has 0 unspecified atom stereocenters. The van der Waals surface area contributed by atoms with E-state index < -0.39 is 5.91 Å². The van der Waals surface area contributed by atoms with Crippen molar-refractivity contribution >= 4 is 11.8 Å². The number of nitrogens with two attached hydrogens (primary N) is 2. The Morgan fingerprint density at radius 1 is 1.31 bits per heavy atom. The van der Waals surface area contributed by atoms with Crippen LogP contribution in [0.15, 0.2) is 34.7 Å². The Kier molecular flexibility index (Phi) is 2.57. The zero-order valence-electron chi connectivity index (χ0n) is 8.31. The highest BCUT2D eigenvalue weighted by molar-refractivity contribution is 5.95. The van der Waals surface area contributed by atoms with Gasteiger partial charge in [0.2, 0.25) is 11.8 Å². The number of hydrogen-bond donors (Lipinski definition) is 3. The van der Waals surface area contributed by atoms with Gasteiger partial charge >= 0.3 is 0 Å². The number of nitrogen functional groups attached to an aromatic ring is 1. The number of amides is 1. The van der Waals surface area contributed by atoms with Gasteiger partial charge in [-0.1, -0.05) is 18.2 Å². The van der Waals surface area contributed by atoms with Gasteiger partial charge in [0.25, 0.3) is 5.91 Å². The van der Waals surface area contributed by atoms with Crippen LogP contribution in [-0.2, 0) is 0 Å². The third-order valence-corrected chi connectivity index (χ3v) is 2.01. The summed E-state index contributed by atoms with van der Waals surface area (Å²) >= 11 is 0. The summed E-state index contributed by atoms with van der Waals surface area (Å²) in [6.45, 7) is 0. The number of nitrogens with one attached hydrogen (secondary N) is 1. The van der Waals surface area contributed by atoms with Crippen molar-refractivity contribution in [1.82, 2.24) is 4.98 Å². The van der Waals surface area contributed by atoms with Crippen LogP contribution in [0.4, 0.5) is 5.88 Å². The highest BCUT2D eigenvalue weighted by atomic mass is 16.4. The van der Waals surface area contributed by atoms with Crippen molar-refractivity contribution in [2.45, 2.75) is 0 Å². The molecule has 0 saturated carbocycles. The van der Waals surface area contributed by atoms with Crippen molar-refractivity contribution < 1.29 is 9.21 Å². The summed E-state index contributed by atoms with van der Waals surface area (Å²) in [5.74, 6) is 4.85. The molecule has 1 heterocycles. The van der Waals surface area contributed by atoms with Crippen LogP contribution in [0.3, 0.4) is 0 Å². The molecular formula is C10H10N4O2. The molecule has 2 rings (SSSR count). The maximum absolute atomic E-state index is 11.0. The van der Waals surface area contributed by atoms with Gasteiger partial charge in [-0.2, -0.15) is 0 Å². The molecule has 0 aliphatic carbocycles. The fraction of sp³-hybridized carbons (Fsp3) is 0. The molecule has 82 valence electrons. The molecule has 1 aromatic carbocycles. The number of hydrogen-bond acceptors (Lipinski definition) is 5. The predicted octanol–water partition coefficient (Wildman–Crippen LogP) is 0.726. The maximum Gasteiger partial charge on any atom is 0.273 e. The third kappa shape index (κ3) is 1.73. The first-order valence-electron chi connectivity index (χ1n) is 4.55. The van der Waals surface area contributed by atoms with Gasteiger partial charge in [-0.3, -0.25) is 10.2 Å². The van der Waals surface area contributed by atoms with E-state index in [1.807, 2.05) is 18.2 Å². The average Bonchev–Trinajstić information content (AvgIpc) is 2.74. The minimum atomic E-state index is -0.695. The number of oxazole rings is 1. The van der Waals surface area contributed by atoms with Crippen LogP contribution < -0.4 is 17.0 Å². The van der Waals surface area contributed by atoms with Crippen molar-refractivity contribution in [2.24, 2.45) is 11.6 Å². The first-order chi connectivity index (χ1) is 7.72. The lowest BCUT2D eigenvalue weighted by Crippen LogP contribution is -2.16. The fourth-order valence-electron chi connectivity index (χ4n) is 1.29. The molecule has 1 amide bonds. The number of rotatable bonds is 3. The SMILES string of the molecule is NNc1oc(-c2ccccc2)nc1C(N)=O. The third-order valence-electron chi connectivity index (χ3n) is 2.01. The molecular weight excluding hydrogens is 208 g/mol. The number of carbonyl (C=O) groups is 1. The topological polar surface area (TPSA) is 107 Å². The lowest BCUT2D eigenvalue weighted by Gasteiger charge is -1.93. The van der Waals surface area contributed by atoms with Gasteiger partial charge in [-0.05, 0) is 12.1 Å². The quantitative estimate of drug-likeness (QED) is 0.520. The van der Waals surface area contributed by atoms with E-state index >= 15 is 0 Å². The lowest BCUT2D eigenvalue weighted by molar-refractivity contribution is 0.0996. The molecule has 0 bridgehead atoms. The molecule has 16 heavy (non-hydrogen) atoms. The molecule has 0 aliphatic heterocycles. The van der Waals surface area contributed by atoms with Gasteiger partial charge in [0.15, 0.2) is 5.69 Å². The molecule has 0 spiro atoms. The number of carbonyl (C=O) groups excluding carboxylic acids is 1. The van der Waals surface area contributed by atoms with E-state index in [1.165, 1.54) is 0 Å². The van der Waals surface area contributed by atoms with Crippen molar-refractivity contribution in [3.05, 3.63) is 36.0 Å². The van der Waals surface area contributed by atoms with Crippen molar-refractivity contribution in [2.75, 3.05) is 5.43 Å². The molecule has 6 heteroatoms. The molecule has 0 atom stereocenters. The minimum Gasteiger partial charge on any atom is -0.418 e. The normalized spacial score (nSPS) is 10.1. The second kappa shape index (κ2) is 4.03. The molecule has 6 nitrogen and oxygen atoms in total. The fourth-order valence-corrected chi connectivity index (χ4v) is 1.29. The molecule has 2 aromatic rings. The number of primary amides is 1. The average molecular weight is 218 g/mol. The highest BCUT2D eigenvalue weighted by Crippen LogP contribution is 2.24. The number of hydrazine groups is 1.